The molecule has 5 heteroatoms. The summed E-state index contributed by atoms with van der Waals surface area (Å²) in [5.74, 6) is 0.719. The van der Waals surface area contributed by atoms with Crippen LogP contribution in [0.2, 0.25) is 10.0 Å². The molecule has 1 unspecified atom stereocenters. The van der Waals surface area contributed by atoms with E-state index in [4.69, 9.17) is 27.9 Å². The second kappa shape index (κ2) is 5.44. The topological polar surface area (TPSA) is 24.5 Å². The van der Waals surface area contributed by atoms with Gasteiger partial charge in [0.05, 0.1) is 18.2 Å². The Morgan fingerprint density at radius 3 is 2.82 bits per heavy atom. The van der Waals surface area contributed by atoms with Crippen molar-refractivity contribution < 1.29 is 4.74 Å². The number of ether oxygens (including phenoxy) is 1. The second-order valence-electron chi connectivity index (χ2n) is 4.21. The monoisotopic (exact) mass is 274 g/mol. The molecule has 0 bridgehead atoms. The Bertz CT molecular complexity index is 412. The van der Waals surface area contributed by atoms with Crippen LogP contribution >= 0.6 is 23.2 Å². The molecular formula is C12H16Cl2N2O. The third-order valence-electron chi connectivity index (χ3n) is 3.11. The Morgan fingerprint density at radius 2 is 2.18 bits per heavy atom. The third kappa shape index (κ3) is 2.68. The van der Waals surface area contributed by atoms with Crippen LogP contribution in [-0.2, 0) is 0 Å². The summed E-state index contributed by atoms with van der Waals surface area (Å²) in [5, 5.41) is 4.58. The highest BCUT2D eigenvalue weighted by Gasteiger charge is 2.25. The minimum absolute atomic E-state index is 0.245. The molecule has 0 spiro atoms. The summed E-state index contributed by atoms with van der Waals surface area (Å²) in [6.45, 7) is 2.88. The molecule has 0 aliphatic carbocycles. The first-order chi connectivity index (χ1) is 8.13. The van der Waals surface area contributed by atoms with Gasteiger partial charge in [0.2, 0.25) is 0 Å². The molecule has 1 aliphatic heterocycles. The van der Waals surface area contributed by atoms with E-state index in [0.29, 0.717) is 10.0 Å². The van der Waals surface area contributed by atoms with Gasteiger partial charge in [0.1, 0.15) is 5.75 Å². The van der Waals surface area contributed by atoms with E-state index in [1.165, 1.54) is 0 Å². The molecule has 1 aromatic carbocycles. The molecule has 2 rings (SSSR count). The van der Waals surface area contributed by atoms with E-state index in [1.54, 1.807) is 13.2 Å². The summed E-state index contributed by atoms with van der Waals surface area (Å²) < 4.78 is 5.39. The van der Waals surface area contributed by atoms with Crippen molar-refractivity contribution in [3.05, 3.63) is 27.7 Å². The quantitative estimate of drug-likeness (QED) is 0.897. The number of likely N-dealkylation sites (N-methyl/N-ethyl adjacent to an activating group) is 1. The molecule has 94 valence electrons. The predicted molar refractivity (Wildman–Crippen MR) is 71.3 cm³/mol. The Morgan fingerprint density at radius 1 is 1.41 bits per heavy atom. The molecule has 0 radical (unpaired) electrons. The van der Waals surface area contributed by atoms with Gasteiger partial charge in [-0.25, -0.2) is 0 Å². The molecular weight excluding hydrogens is 259 g/mol. The van der Waals surface area contributed by atoms with E-state index in [0.717, 1.165) is 30.9 Å². The summed E-state index contributed by atoms with van der Waals surface area (Å²) in [4.78, 5) is 2.28. The Kier molecular flexibility index (Phi) is 4.15. The fourth-order valence-corrected chi connectivity index (χ4v) is 2.78. The van der Waals surface area contributed by atoms with E-state index in [9.17, 15) is 0 Å². The summed E-state index contributed by atoms with van der Waals surface area (Å²) in [6, 6.07) is 3.89. The molecule has 1 atom stereocenters. The summed E-state index contributed by atoms with van der Waals surface area (Å²) in [6.07, 6.45) is 0. The van der Waals surface area contributed by atoms with Gasteiger partial charge in [-0.1, -0.05) is 23.2 Å². The van der Waals surface area contributed by atoms with E-state index >= 15 is 0 Å². The van der Waals surface area contributed by atoms with Crippen molar-refractivity contribution in [2.75, 3.05) is 33.8 Å². The smallest absolute Gasteiger partial charge is 0.142 e. The van der Waals surface area contributed by atoms with Crippen molar-refractivity contribution in [2.24, 2.45) is 0 Å². The van der Waals surface area contributed by atoms with Gasteiger partial charge in [0.15, 0.2) is 0 Å². The minimum atomic E-state index is 0.245. The summed E-state index contributed by atoms with van der Waals surface area (Å²) in [5.41, 5.74) is 1.04. The second-order valence-corrected chi connectivity index (χ2v) is 5.05. The molecule has 1 heterocycles. The van der Waals surface area contributed by atoms with E-state index in [1.807, 2.05) is 6.07 Å². The lowest BCUT2D eigenvalue weighted by Gasteiger charge is -2.34. The standard InChI is InChI=1S/C12H16Cl2N2O/c1-16-4-3-15-7-11(16)9-5-8(13)6-10(14)12(9)17-2/h5-6,11,15H,3-4,7H2,1-2H3. The average molecular weight is 275 g/mol. The molecule has 1 aliphatic rings. The molecule has 3 nitrogen and oxygen atoms in total. The number of nitrogens with zero attached hydrogens (tertiary/aromatic N) is 1. The van der Waals surface area contributed by atoms with Crippen molar-refractivity contribution in [3.63, 3.8) is 0 Å². The van der Waals surface area contributed by atoms with E-state index in [2.05, 4.69) is 17.3 Å². The Balaban J connectivity index is 2.42. The Hall–Kier alpha value is -0.480. The van der Waals surface area contributed by atoms with Gasteiger partial charge in [0, 0.05) is 30.2 Å². The van der Waals surface area contributed by atoms with Gasteiger partial charge in [-0.2, -0.15) is 0 Å². The average Bonchev–Trinajstić information content (AvgIpc) is 2.28. The first kappa shape index (κ1) is 13.0. The van der Waals surface area contributed by atoms with Crippen molar-refractivity contribution >= 4 is 23.2 Å². The van der Waals surface area contributed by atoms with Gasteiger partial charge < -0.3 is 10.1 Å². The fourth-order valence-electron chi connectivity index (χ4n) is 2.20. The van der Waals surface area contributed by atoms with Crippen LogP contribution in [0.15, 0.2) is 12.1 Å². The molecule has 1 N–H and O–H groups in total. The number of nitrogens with one attached hydrogen (secondary N) is 1. The highest BCUT2D eigenvalue weighted by Crippen LogP contribution is 2.37. The number of hydrogen-bond donors (Lipinski definition) is 1. The zero-order chi connectivity index (χ0) is 12.4. The maximum atomic E-state index is 6.15. The van der Waals surface area contributed by atoms with Gasteiger partial charge >= 0.3 is 0 Å². The first-order valence-corrected chi connectivity index (χ1v) is 6.33. The van der Waals surface area contributed by atoms with Crippen LogP contribution in [0.3, 0.4) is 0 Å². The van der Waals surface area contributed by atoms with Gasteiger partial charge in [-0.05, 0) is 19.2 Å². The van der Waals surface area contributed by atoms with Gasteiger partial charge in [-0.15, -0.1) is 0 Å². The highest BCUT2D eigenvalue weighted by molar-refractivity contribution is 6.35. The van der Waals surface area contributed by atoms with Crippen molar-refractivity contribution in [2.45, 2.75) is 6.04 Å². The SMILES string of the molecule is COc1c(Cl)cc(Cl)cc1C1CNCCN1C. The lowest BCUT2D eigenvalue weighted by Crippen LogP contribution is -2.43. The fraction of sp³-hybridized carbons (Fsp3) is 0.500. The molecule has 1 fully saturated rings. The number of piperazine rings is 1. The zero-order valence-corrected chi connectivity index (χ0v) is 11.5. The zero-order valence-electron chi connectivity index (χ0n) is 9.96. The number of halogens is 2. The van der Waals surface area contributed by atoms with Gasteiger partial charge in [-0.3, -0.25) is 4.90 Å². The largest absolute Gasteiger partial charge is 0.495 e. The number of benzene rings is 1. The molecule has 0 saturated carbocycles. The van der Waals surface area contributed by atoms with Crippen molar-refractivity contribution in [1.29, 1.82) is 0 Å². The molecule has 17 heavy (non-hydrogen) atoms. The normalized spacial score (nSPS) is 21.5. The van der Waals surface area contributed by atoms with Crippen LogP contribution in [0.25, 0.3) is 0 Å². The van der Waals surface area contributed by atoms with Gasteiger partial charge in [0.25, 0.3) is 0 Å². The van der Waals surface area contributed by atoms with Crippen molar-refractivity contribution in [3.8, 4) is 5.75 Å². The Labute approximate surface area is 112 Å². The number of methoxy groups -OCH3 is 1. The predicted octanol–water partition coefficient (Wildman–Crippen LogP) is 2.58. The maximum Gasteiger partial charge on any atom is 0.142 e. The third-order valence-corrected chi connectivity index (χ3v) is 3.61. The highest BCUT2D eigenvalue weighted by atomic mass is 35.5. The van der Waals surface area contributed by atoms with E-state index in [-0.39, 0.29) is 6.04 Å². The lowest BCUT2D eigenvalue weighted by atomic mass is 10.0. The van der Waals surface area contributed by atoms with Crippen LogP contribution in [0, 0.1) is 0 Å². The summed E-state index contributed by atoms with van der Waals surface area (Å²) >= 11 is 12.2. The van der Waals surface area contributed by atoms with Crippen LogP contribution in [-0.4, -0.2) is 38.7 Å². The number of hydrogen-bond acceptors (Lipinski definition) is 3. The molecule has 1 saturated heterocycles. The molecule has 1 aromatic rings. The number of rotatable bonds is 2. The van der Waals surface area contributed by atoms with Crippen LogP contribution in [0.1, 0.15) is 11.6 Å². The molecule has 0 aromatic heterocycles. The van der Waals surface area contributed by atoms with Crippen LogP contribution in [0.5, 0.6) is 5.75 Å². The van der Waals surface area contributed by atoms with Crippen LogP contribution < -0.4 is 10.1 Å². The van der Waals surface area contributed by atoms with Crippen LogP contribution in [0.4, 0.5) is 0 Å². The van der Waals surface area contributed by atoms with Crippen molar-refractivity contribution in [1.82, 2.24) is 10.2 Å². The lowest BCUT2D eigenvalue weighted by molar-refractivity contribution is 0.198. The maximum absolute atomic E-state index is 6.15. The minimum Gasteiger partial charge on any atom is -0.495 e. The van der Waals surface area contributed by atoms with E-state index < -0.39 is 0 Å². The summed E-state index contributed by atoms with van der Waals surface area (Å²) in [7, 11) is 3.73. The first-order valence-electron chi connectivity index (χ1n) is 5.57. The molecule has 0 amide bonds.